The van der Waals surface area contributed by atoms with Crippen molar-refractivity contribution in [2.24, 2.45) is 5.92 Å². The van der Waals surface area contributed by atoms with Gasteiger partial charge in [0.2, 0.25) is 0 Å². The van der Waals surface area contributed by atoms with Crippen molar-refractivity contribution in [2.75, 3.05) is 11.4 Å². The van der Waals surface area contributed by atoms with E-state index in [1.807, 2.05) is 31.2 Å². The standard InChI is InChI=1S/C25H28N2O3S/c1-18(2)24(23-16-9-8-11-19(23)3)26-25(28)20-12-10-13-21(17-20)27(4)31(29,30)22-14-6-5-7-15-22/h5-18,24H,1-4H3,(H,26,28)/t24-/m1/s1. The van der Waals surface area contributed by atoms with Gasteiger partial charge >= 0.3 is 0 Å². The van der Waals surface area contributed by atoms with Crippen LogP contribution in [0.4, 0.5) is 5.69 Å². The van der Waals surface area contributed by atoms with Gasteiger partial charge in [0.1, 0.15) is 0 Å². The van der Waals surface area contributed by atoms with Crippen molar-refractivity contribution < 1.29 is 13.2 Å². The van der Waals surface area contributed by atoms with Crippen LogP contribution >= 0.6 is 0 Å². The molecule has 0 fully saturated rings. The van der Waals surface area contributed by atoms with E-state index < -0.39 is 10.0 Å². The SMILES string of the molecule is Cc1ccccc1[C@H](NC(=O)c1cccc(N(C)S(=O)(=O)c2ccccc2)c1)C(C)C. The zero-order valence-corrected chi connectivity index (χ0v) is 19.1. The number of nitrogens with one attached hydrogen (secondary N) is 1. The summed E-state index contributed by atoms with van der Waals surface area (Å²) >= 11 is 0. The molecule has 1 amide bonds. The van der Waals surface area contributed by atoms with E-state index in [2.05, 4.69) is 19.2 Å². The van der Waals surface area contributed by atoms with Crippen molar-refractivity contribution in [1.29, 1.82) is 0 Å². The van der Waals surface area contributed by atoms with E-state index in [1.54, 1.807) is 54.6 Å². The molecule has 31 heavy (non-hydrogen) atoms. The topological polar surface area (TPSA) is 66.5 Å². The number of nitrogens with zero attached hydrogens (tertiary/aromatic N) is 1. The highest BCUT2D eigenvalue weighted by Gasteiger charge is 2.23. The Bertz CT molecular complexity index is 1160. The van der Waals surface area contributed by atoms with Crippen molar-refractivity contribution in [3.8, 4) is 0 Å². The van der Waals surface area contributed by atoms with Crippen molar-refractivity contribution in [3.63, 3.8) is 0 Å². The maximum atomic E-state index is 13.1. The molecule has 0 saturated carbocycles. The van der Waals surface area contributed by atoms with E-state index in [0.717, 1.165) is 11.1 Å². The van der Waals surface area contributed by atoms with Crippen LogP contribution in [0.5, 0.6) is 0 Å². The number of amides is 1. The second-order valence-corrected chi connectivity index (χ2v) is 9.86. The Hall–Kier alpha value is -3.12. The summed E-state index contributed by atoms with van der Waals surface area (Å²) in [5.41, 5.74) is 3.02. The summed E-state index contributed by atoms with van der Waals surface area (Å²) in [5, 5.41) is 3.12. The number of rotatable bonds is 7. The van der Waals surface area contributed by atoms with Gasteiger partial charge in [0.25, 0.3) is 15.9 Å². The van der Waals surface area contributed by atoms with E-state index in [0.29, 0.717) is 11.3 Å². The Kier molecular flexibility index (Phi) is 6.81. The molecule has 0 saturated heterocycles. The number of sulfonamides is 1. The van der Waals surface area contributed by atoms with Gasteiger partial charge in [-0.15, -0.1) is 0 Å². The molecule has 0 aliphatic rings. The Morgan fingerprint density at radius 3 is 2.19 bits per heavy atom. The first-order chi connectivity index (χ1) is 14.7. The summed E-state index contributed by atoms with van der Waals surface area (Å²) in [6.45, 7) is 6.16. The van der Waals surface area contributed by atoms with E-state index in [1.165, 1.54) is 11.4 Å². The fourth-order valence-electron chi connectivity index (χ4n) is 3.50. The number of carbonyl (C=O) groups is 1. The Balaban J connectivity index is 1.87. The normalized spacial score (nSPS) is 12.4. The van der Waals surface area contributed by atoms with Crippen LogP contribution in [0.25, 0.3) is 0 Å². The molecular formula is C25H28N2O3S. The van der Waals surface area contributed by atoms with Crippen molar-refractivity contribution in [2.45, 2.75) is 31.7 Å². The third kappa shape index (κ3) is 4.97. The predicted octanol–water partition coefficient (Wildman–Crippen LogP) is 4.95. The van der Waals surface area contributed by atoms with E-state index in [4.69, 9.17) is 0 Å². The Labute approximate surface area is 184 Å². The average Bonchev–Trinajstić information content (AvgIpc) is 2.78. The van der Waals surface area contributed by atoms with Crippen LogP contribution in [-0.2, 0) is 10.0 Å². The number of benzene rings is 3. The molecule has 3 aromatic carbocycles. The van der Waals surface area contributed by atoms with Crippen LogP contribution in [0.2, 0.25) is 0 Å². The zero-order chi connectivity index (χ0) is 22.6. The molecule has 0 aromatic heterocycles. The van der Waals surface area contributed by atoms with Gasteiger partial charge in [0.15, 0.2) is 0 Å². The fourth-order valence-corrected chi connectivity index (χ4v) is 4.70. The highest BCUT2D eigenvalue weighted by atomic mass is 32.2. The summed E-state index contributed by atoms with van der Waals surface area (Å²) < 4.78 is 27.1. The zero-order valence-electron chi connectivity index (χ0n) is 18.2. The van der Waals surface area contributed by atoms with E-state index in [9.17, 15) is 13.2 Å². The van der Waals surface area contributed by atoms with Crippen LogP contribution in [0.15, 0.2) is 83.8 Å². The average molecular weight is 437 g/mol. The number of carbonyl (C=O) groups excluding carboxylic acids is 1. The Morgan fingerprint density at radius 2 is 1.55 bits per heavy atom. The van der Waals surface area contributed by atoms with Gasteiger partial charge in [0.05, 0.1) is 16.6 Å². The van der Waals surface area contributed by atoms with Crippen molar-refractivity contribution in [3.05, 3.63) is 95.6 Å². The van der Waals surface area contributed by atoms with Crippen LogP contribution < -0.4 is 9.62 Å². The fraction of sp³-hybridized carbons (Fsp3) is 0.240. The number of aryl methyl sites for hydroxylation is 1. The van der Waals surface area contributed by atoms with Crippen molar-refractivity contribution in [1.82, 2.24) is 5.32 Å². The van der Waals surface area contributed by atoms with Gasteiger partial charge in [-0.1, -0.05) is 62.4 Å². The smallest absolute Gasteiger partial charge is 0.264 e. The molecule has 0 radical (unpaired) electrons. The maximum absolute atomic E-state index is 13.1. The minimum absolute atomic E-state index is 0.150. The summed E-state index contributed by atoms with van der Waals surface area (Å²) in [6.07, 6.45) is 0. The first kappa shape index (κ1) is 22.6. The molecule has 0 spiro atoms. The largest absolute Gasteiger partial charge is 0.345 e. The molecule has 162 valence electrons. The van der Waals surface area contributed by atoms with Crippen LogP contribution in [0.3, 0.4) is 0 Å². The van der Waals surface area contributed by atoms with Gasteiger partial charge in [-0.2, -0.15) is 0 Å². The minimum Gasteiger partial charge on any atom is -0.345 e. The quantitative estimate of drug-likeness (QED) is 0.570. The maximum Gasteiger partial charge on any atom is 0.264 e. The van der Waals surface area contributed by atoms with Gasteiger partial charge in [-0.3, -0.25) is 9.10 Å². The van der Waals surface area contributed by atoms with Gasteiger partial charge in [-0.05, 0) is 54.3 Å². The first-order valence-corrected chi connectivity index (χ1v) is 11.7. The lowest BCUT2D eigenvalue weighted by molar-refractivity contribution is 0.0925. The predicted molar refractivity (Wildman–Crippen MR) is 125 cm³/mol. The molecule has 0 heterocycles. The molecule has 0 unspecified atom stereocenters. The second-order valence-electron chi connectivity index (χ2n) is 7.89. The third-order valence-electron chi connectivity index (χ3n) is 5.35. The lowest BCUT2D eigenvalue weighted by atomic mass is 9.92. The molecule has 6 heteroatoms. The number of hydrogen-bond acceptors (Lipinski definition) is 3. The summed E-state index contributed by atoms with van der Waals surface area (Å²) in [4.78, 5) is 13.3. The van der Waals surface area contributed by atoms with Crippen molar-refractivity contribution >= 4 is 21.6 Å². The summed E-state index contributed by atoms with van der Waals surface area (Å²) in [5.74, 6) is -0.0522. The van der Waals surface area contributed by atoms with E-state index in [-0.39, 0.29) is 22.8 Å². The van der Waals surface area contributed by atoms with Gasteiger partial charge < -0.3 is 5.32 Å². The first-order valence-electron chi connectivity index (χ1n) is 10.2. The van der Waals surface area contributed by atoms with Crippen LogP contribution in [0, 0.1) is 12.8 Å². The minimum atomic E-state index is -3.72. The molecule has 0 aliphatic heterocycles. The van der Waals surface area contributed by atoms with Crippen LogP contribution in [-0.4, -0.2) is 21.4 Å². The molecule has 1 atom stereocenters. The molecular weight excluding hydrogens is 408 g/mol. The number of anilines is 1. The molecule has 5 nitrogen and oxygen atoms in total. The van der Waals surface area contributed by atoms with Gasteiger partial charge in [0, 0.05) is 12.6 Å². The third-order valence-corrected chi connectivity index (χ3v) is 7.15. The lowest BCUT2D eigenvalue weighted by Crippen LogP contribution is -2.32. The molecule has 1 N–H and O–H groups in total. The number of hydrogen-bond donors (Lipinski definition) is 1. The highest BCUT2D eigenvalue weighted by molar-refractivity contribution is 7.92. The summed E-state index contributed by atoms with van der Waals surface area (Å²) in [6, 6.07) is 22.8. The monoisotopic (exact) mass is 436 g/mol. The van der Waals surface area contributed by atoms with E-state index >= 15 is 0 Å². The summed E-state index contributed by atoms with van der Waals surface area (Å²) in [7, 11) is -2.23. The molecule has 0 bridgehead atoms. The molecule has 0 aliphatic carbocycles. The Morgan fingerprint density at radius 1 is 0.903 bits per heavy atom. The second kappa shape index (κ2) is 9.35. The molecule has 3 rings (SSSR count). The highest BCUT2D eigenvalue weighted by Crippen LogP contribution is 2.26. The molecule has 3 aromatic rings. The van der Waals surface area contributed by atoms with Crippen LogP contribution in [0.1, 0.15) is 41.4 Å². The lowest BCUT2D eigenvalue weighted by Gasteiger charge is -2.25. The van der Waals surface area contributed by atoms with Gasteiger partial charge in [-0.25, -0.2) is 8.42 Å².